The van der Waals surface area contributed by atoms with E-state index in [4.69, 9.17) is 5.73 Å². The van der Waals surface area contributed by atoms with E-state index < -0.39 is 0 Å². The quantitative estimate of drug-likeness (QED) is 0.686. The van der Waals surface area contributed by atoms with Crippen molar-refractivity contribution in [2.75, 3.05) is 24.2 Å². The zero-order valence-corrected chi connectivity index (χ0v) is 11.2. The minimum absolute atomic E-state index is 0.883. The van der Waals surface area contributed by atoms with Crippen molar-refractivity contribution < 1.29 is 0 Å². The van der Waals surface area contributed by atoms with Crippen molar-refractivity contribution in [2.24, 2.45) is 5.92 Å². The first-order valence-corrected chi connectivity index (χ1v) is 6.51. The van der Waals surface area contributed by atoms with Gasteiger partial charge in [0.05, 0.1) is 11.4 Å². The fourth-order valence-corrected chi connectivity index (χ4v) is 2.55. The van der Waals surface area contributed by atoms with Gasteiger partial charge in [-0.3, -0.25) is 0 Å². The molecule has 0 saturated heterocycles. The average Bonchev–Trinajstić information content (AvgIpc) is 2.11. The molecule has 1 saturated carbocycles. The Hall–Kier alpha value is -0.450. The molecular formula is C12H17IN2. The van der Waals surface area contributed by atoms with Crippen molar-refractivity contribution in [2.45, 2.75) is 19.3 Å². The molecule has 0 unspecified atom stereocenters. The lowest BCUT2D eigenvalue weighted by atomic mass is 9.85. The smallest absolute Gasteiger partial charge is 0.0598 e. The van der Waals surface area contributed by atoms with E-state index in [2.05, 4.69) is 46.7 Å². The number of nitrogen functional groups attached to an aromatic ring is 1. The molecule has 0 spiro atoms. The highest BCUT2D eigenvalue weighted by Crippen LogP contribution is 2.30. The van der Waals surface area contributed by atoms with Gasteiger partial charge in [0, 0.05) is 17.2 Å². The van der Waals surface area contributed by atoms with Gasteiger partial charge in [-0.05, 0) is 59.5 Å². The van der Waals surface area contributed by atoms with Crippen molar-refractivity contribution in [1.29, 1.82) is 0 Å². The summed E-state index contributed by atoms with van der Waals surface area (Å²) >= 11 is 2.29. The Bertz CT molecular complexity index is 347. The van der Waals surface area contributed by atoms with Gasteiger partial charge in [0.25, 0.3) is 0 Å². The summed E-state index contributed by atoms with van der Waals surface area (Å²) in [5.41, 5.74) is 8.07. The molecule has 15 heavy (non-hydrogen) atoms. The van der Waals surface area contributed by atoms with Crippen LogP contribution in [0.3, 0.4) is 0 Å². The predicted octanol–water partition coefficient (Wildman–Crippen LogP) is 3.11. The molecule has 2 N–H and O–H groups in total. The summed E-state index contributed by atoms with van der Waals surface area (Å²) in [4.78, 5) is 2.29. The Balaban J connectivity index is 2.06. The Kier molecular flexibility index (Phi) is 3.38. The minimum Gasteiger partial charge on any atom is -0.397 e. The van der Waals surface area contributed by atoms with Crippen LogP contribution in [0.4, 0.5) is 11.4 Å². The van der Waals surface area contributed by atoms with Gasteiger partial charge in [-0.2, -0.15) is 0 Å². The van der Waals surface area contributed by atoms with Crippen LogP contribution < -0.4 is 10.6 Å². The van der Waals surface area contributed by atoms with E-state index in [1.807, 2.05) is 6.07 Å². The van der Waals surface area contributed by atoms with Crippen molar-refractivity contribution in [3.05, 3.63) is 21.8 Å². The fourth-order valence-electron chi connectivity index (χ4n) is 2.03. The molecule has 1 aromatic carbocycles. The molecule has 0 aromatic heterocycles. The summed E-state index contributed by atoms with van der Waals surface area (Å²) in [6, 6.07) is 6.27. The zero-order chi connectivity index (χ0) is 10.8. The first-order valence-electron chi connectivity index (χ1n) is 5.43. The van der Waals surface area contributed by atoms with E-state index >= 15 is 0 Å². The summed E-state index contributed by atoms with van der Waals surface area (Å²) in [7, 11) is 2.14. The molecule has 1 aliphatic rings. The van der Waals surface area contributed by atoms with Crippen LogP contribution in [0.5, 0.6) is 0 Å². The highest BCUT2D eigenvalue weighted by Gasteiger charge is 2.19. The van der Waals surface area contributed by atoms with E-state index in [0.717, 1.165) is 18.2 Å². The maximum Gasteiger partial charge on any atom is 0.0598 e. The van der Waals surface area contributed by atoms with Gasteiger partial charge in [0.15, 0.2) is 0 Å². The van der Waals surface area contributed by atoms with Crippen molar-refractivity contribution in [1.82, 2.24) is 0 Å². The number of hydrogen-bond acceptors (Lipinski definition) is 2. The van der Waals surface area contributed by atoms with Crippen LogP contribution in [0, 0.1) is 9.49 Å². The second-order valence-electron chi connectivity index (χ2n) is 4.38. The summed E-state index contributed by atoms with van der Waals surface area (Å²) in [6.07, 6.45) is 4.17. The minimum atomic E-state index is 0.883. The SMILES string of the molecule is CN(CC1CCC1)c1ccc(I)cc1N. The third-order valence-corrected chi connectivity index (χ3v) is 3.83. The van der Waals surface area contributed by atoms with E-state index in [9.17, 15) is 0 Å². The van der Waals surface area contributed by atoms with Crippen molar-refractivity contribution in [3.8, 4) is 0 Å². The summed E-state index contributed by atoms with van der Waals surface area (Å²) in [5.74, 6) is 0.883. The molecule has 1 aromatic rings. The van der Waals surface area contributed by atoms with Crippen molar-refractivity contribution in [3.63, 3.8) is 0 Å². The van der Waals surface area contributed by atoms with Crippen LogP contribution in [0.25, 0.3) is 0 Å². The van der Waals surface area contributed by atoms with Crippen LogP contribution in [-0.4, -0.2) is 13.6 Å². The normalized spacial score (nSPS) is 16.1. The van der Waals surface area contributed by atoms with Gasteiger partial charge in [0.1, 0.15) is 0 Å². The molecule has 0 amide bonds. The molecule has 1 aliphatic carbocycles. The predicted molar refractivity (Wildman–Crippen MR) is 74.2 cm³/mol. The molecular weight excluding hydrogens is 299 g/mol. The number of rotatable bonds is 3. The summed E-state index contributed by atoms with van der Waals surface area (Å²) in [6.45, 7) is 1.14. The van der Waals surface area contributed by atoms with Crippen LogP contribution in [-0.2, 0) is 0 Å². The molecule has 2 rings (SSSR count). The second kappa shape index (κ2) is 4.60. The number of halogens is 1. The molecule has 0 aliphatic heterocycles. The van der Waals surface area contributed by atoms with Crippen LogP contribution in [0.2, 0.25) is 0 Å². The van der Waals surface area contributed by atoms with Gasteiger partial charge in [-0.25, -0.2) is 0 Å². The molecule has 0 atom stereocenters. The lowest BCUT2D eigenvalue weighted by Crippen LogP contribution is -2.29. The first-order chi connectivity index (χ1) is 7.16. The molecule has 0 bridgehead atoms. The molecule has 3 heteroatoms. The topological polar surface area (TPSA) is 29.3 Å². The third-order valence-electron chi connectivity index (χ3n) is 3.16. The lowest BCUT2D eigenvalue weighted by Gasteiger charge is -2.31. The molecule has 1 fully saturated rings. The van der Waals surface area contributed by atoms with E-state index in [1.165, 1.54) is 28.5 Å². The first kappa shape index (κ1) is 11.0. The van der Waals surface area contributed by atoms with Gasteiger partial charge in [-0.1, -0.05) is 6.42 Å². The third kappa shape index (κ3) is 2.56. The molecule has 0 radical (unpaired) electrons. The van der Waals surface area contributed by atoms with Crippen LogP contribution >= 0.6 is 22.6 Å². The summed E-state index contributed by atoms with van der Waals surface area (Å²) < 4.78 is 1.20. The number of hydrogen-bond donors (Lipinski definition) is 1. The average molecular weight is 316 g/mol. The van der Waals surface area contributed by atoms with Crippen LogP contribution in [0.1, 0.15) is 19.3 Å². The Labute approximate surface area is 105 Å². The maximum atomic E-state index is 6.01. The number of anilines is 2. The summed E-state index contributed by atoms with van der Waals surface area (Å²) in [5, 5.41) is 0. The highest BCUT2D eigenvalue weighted by molar-refractivity contribution is 14.1. The molecule has 0 heterocycles. The highest BCUT2D eigenvalue weighted by atomic mass is 127. The Morgan fingerprint density at radius 3 is 2.73 bits per heavy atom. The Morgan fingerprint density at radius 1 is 1.47 bits per heavy atom. The second-order valence-corrected chi connectivity index (χ2v) is 5.63. The van der Waals surface area contributed by atoms with Crippen molar-refractivity contribution >= 4 is 34.0 Å². The van der Waals surface area contributed by atoms with Gasteiger partial charge >= 0.3 is 0 Å². The number of nitrogens with zero attached hydrogens (tertiary/aromatic N) is 1. The zero-order valence-electron chi connectivity index (χ0n) is 9.04. The standard InChI is InChI=1S/C12H17IN2/c1-15(8-9-3-2-4-9)12-6-5-10(13)7-11(12)14/h5-7,9H,2-4,8,14H2,1H3. The maximum absolute atomic E-state index is 6.01. The van der Waals surface area contributed by atoms with Crippen LogP contribution in [0.15, 0.2) is 18.2 Å². The Morgan fingerprint density at radius 2 is 2.20 bits per heavy atom. The number of nitrogens with two attached hydrogens (primary N) is 1. The molecule has 82 valence electrons. The van der Waals surface area contributed by atoms with Gasteiger partial charge in [0.2, 0.25) is 0 Å². The largest absolute Gasteiger partial charge is 0.397 e. The fraction of sp³-hybridized carbons (Fsp3) is 0.500. The lowest BCUT2D eigenvalue weighted by molar-refractivity contribution is 0.321. The monoisotopic (exact) mass is 316 g/mol. The molecule has 2 nitrogen and oxygen atoms in total. The van der Waals surface area contributed by atoms with E-state index in [1.54, 1.807) is 0 Å². The van der Waals surface area contributed by atoms with E-state index in [-0.39, 0.29) is 0 Å². The van der Waals surface area contributed by atoms with Gasteiger partial charge in [-0.15, -0.1) is 0 Å². The number of benzene rings is 1. The van der Waals surface area contributed by atoms with Gasteiger partial charge < -0.3 is 10.6 Å². The van der Waals surface area contributed by atoms with E-state index in [0.29, 0.717) is 0 Å².